The van der Waals surface area contributed by atoms with Crippen LogP contribution in [0, 0.1) is 12.7 Å². The summed E-state index contributed by atoms with van der Waals surface area (Å²) in [7, 11) is -2.12. The minimum absolute atomic E-state index is 0.182. The topological polar surface area (TPSA) is 71.3 Å². The number of nitrogens with one attached hydrogen (secondary N) is 2. The standard InChI is InChI=1S/C13H14BrFN2O3S/c1-8-5-11(15)10(14)6-12(8)17-21(18,19)13-4-3-9(20-13)7-16-2/h3-6,16-17H,7H2,1-2H3. The average Bonchev–Trinajstić information content (AvgIpc) is 2.86. The Hall–Kier alpha value is -1.38. The normalized spacial score (nSPS) is 11.6. The Morgan fingerprint density at radius 1 is 1.33 bits per heavy atom. The van der Waals surface area contributed by atoms with Crippen molar-refractivity contribution in [2.24, 2.45) is 0 Å². The molecule has 0 radical (unpaired) electrons. The van der Waals surface area contributed by atoms with Crippen molar-refractivity contribution in [1.82, 2.24) is 5.32 Å². The van der Waals surface area contributed by atoms with Crippen molar-refractivity contribution >= 4 is 31.6 Å². The van der Waals surface area contributed by atoms with Gasteiger partial charge in [-0.3, -0.25) is 4.72 Å². The zero-order valence-corrected chi connectivity index (χ0v) is 13.8. The molecule has 114 valence electrons. The molecular weight excluding hydrogens is 363 g/mol. The fourth-order valence-electron chi connectivity index (χ4n) is 1.72. The molecule has 0 unspecified atom stereocenters. The minimum Gasteiger partial charge on any atom is -0.446 e. The molecule has 21 heavy (non-hydrogen) atoms. The van der Waals surface area contributed by atoms with Crippen LogP contribution in [0.3, 0.4) is 0 Å². The summed E-state index contributed by atoms with van der Waals surface area (Å²) in [5, 5.41) is 2.68. The van der Waals surface area contributed by atoms with Gasteiger partial charge in [-0.05, 0) is 59.7 Å². The molecule has 0 aliphatic rings. The van der Waals surface area contributed by atoms with E-state index in [1.807, 2.05) is 0 Å². The van der Waals surface area contributed by atoms with Crippen LogP contribution in [0.25, 0.3) is 0 Å². The lowest BCUT2D eigenvalue weighted by Gasteiger charge is -2.10. The highest BCUT2D eigenvalue weighted by Gasteiger charge is 2.20. The second kappa shape index (κ2) is 6.17. The predicted octanol–water partition coefficient (Wildman–Crippen LogP) is 3.01. The zero-order chi connectivity index (χ0) is 15.6. The zero-order valence-electron chi connectivity index (χ0n) is 11.4. The Balaban J connectivity index is 2.30. The quantitative estimate of drug-likeness (QED) is 0.841. The molecule has 2 aromatic rings. The third-order valence-corrected chi connectivity index (χ3v) is 4.61. The maximum Gasteiger partial charge on any atom is 0.295 e. The van der Waals surface area contributed by atoms with Crippen LogP contribution >= 0.6 is 15.9 Å². The van der Waals surface area contributed by atoms with Crippen molar-refractivity contribution in [3.05, 3.63) is 45.9 Å². The van der Waals surface area contributed by atoms with Gasteiger partial charge < -0.3 is 9.73 Å². The van der Waals surface area contributed by atoms with E-state index in [-0.39, 0.29) is 15.3 Å². The van der Waals surface area contributed by atoms with E-state index >= 15 is 0 Å². The molecule has 1 aromatic carbocycles. The van der Waals surface area contributed by atoms with Crippen molar-refractivity contribution in [2.75, 3.05) is 11.8 Å². The first-order valence-electron chi connectivity index (χ1n) is 6.05. The lowest BCUT2D eigenvalue weighted by atomic mass is 10.2. The largest absolute Gasteiger partial charge is 0.446 e. The predicted molar refractivity (Wildman–Crippen MR) is 81.1 cm³/mol. The summed E-state index contributed by atoms with van der Waals surface area (Å²) in [6.45, 7) is 2.04. The van der Waals surface area contributed by atoms with Gasteiger partial charge in [0, 0.05) is 0 Å². The molecule has 2 N–H and O–H groups in total. The molecule has 0 saturated heterocycles. The number of halogens is 2. The smallest absolute Gasteiger partial charge is 0.295 e. The molecule has 0 fully saturated rings. The summed E-state index contributed by atoms with van der Waals surface area (Å²) in [5.41, 5.74) is 0.760. The molecule has 0 aliphatic carbocycles. The van der Waals surface area contributed by atoms with Gasteiger partial charge in [-0.15, -0.1) is 0 Å². The number of furan rings is 1. The molecule has 5 nitrogen and oxygen atoms in total. The van der Waals surface area contributed by atoms with E-state index < -0.39 is 15.8 Å². The van der Waals surface area contributed by atoms with E-state index in [4.69, 9.17) is 4.42 Å². The van der Waals surface area contributed by atoms with E-state index in [9.17, 15) is 12.8 Å². The molecule has 2 rings (SSSR count). The van der Waals surface area contributed by atoms with Crippen molar-refractivity contribution in [1.29, 1.82) is 0 Å². The number of sulfonamides is 1. The Morgan fingerprint density at radius 2 is 2.05 bits per heavy atom. The Kier molecular flexibility index (Phi) is 4.70. The van der Waals surface area contributed by atoms with Gasteiger partial charge in [0.1, 0.15) is 11.6 Å². The summed E-state index contributed by atoms with van der Waals surface area (Å²) in [6, 6.07) is 5.58. The summed E-state index contributed by atoms with van der Waals surface area (Å²) in [6.07, 6.45) is 0. The van der Waals surface area contributed by atoms with Gasteiger partial charge in [-0.1, -0.05) is 0 Å². The van der Waals surface area contributed by atoms with E-state index in [1.165, 1.54) is 18.2 Å². The molecule has 1 aromatic heterocycles. The SMILES string of the molecule is CNCc1ccc(S(=O)(=O)Nc2cc(Br)c(F)cc2C)o1. The number of anilines is 1. The highest BCUT2D eigenvalue weighted by Crippen LogP contribution is 2.26. The summed E-state index contributed by atoms with van der Waals surface area (Å²) < 4.78 is 45.6. The van der Waals surface area contributed by atoms with Crippen LogP contribution in [0.4, 0.5) is 10.1 Å². The van der Waals surface area contributed by atoms with Crippen LogP contribution in [-0.2, 0) is 16.6 Å². The van der Waals surface area contributed by atoms with Crippen LogP contribution in [0.5, 0.6) is 0 Å². The van der Waals surface area contributed by atoms with Gasteiger partial charge in [-0.2, -0.15) is 8.42 Å². The Bertz CT molecular complexity index is 759. The van der Waals surface area contributed by atoms with Crippen molar-refractivity contribution in [3.8, 4) is 0 Å². The molecule has 0 bridgehead atoms. The van der Waals surface area contributed by atoms with E-state index in [1.54, 1.807) is 20.0 Å². The lowest BCUT2D eigenvalue weighted by Crippen LogP contribution is -2.13. The Morgan fingerprint density at radius 3 is 2.71 bits per heavy atom. The molecule has 0 saturated carbocycles. The summed E-state index contributed by atoms with van der Waals surface area (Å²) in [4.78, 5) is 0. The van der Waals surface area contributed by atoms with Gasteiger partial charge in [0.2, 0.25) is 5.09 Å². The molecule has 0 amide bonds. The third kappa shape index (κ3) is 3.63. The number of hydrogen-bond acceptors (Lipinski definition) is 4. The van der Waals surface area contributed by atoms with Crippen molar-refractivity contribution in [3.63, 3.8) is 0 Å². The van der Waals surface area contributed by atoms with Gasteiger partial charge >= 0.3 is 0 Å². The third-order valence-electron chi connectivity index (χ3n) is 2.76. The number of benzene rings is 1. The van der Waals surface area contributed by atoms with Crippen LogP contribution in [0.1, 0.15) is 11.3 Å². The fraction of sp³-hybridized carbons (Fsp3) is 0.231. The monoisotopic (exact) mass is 376 g/mol. The number of hydrogen-bond donors (Lipinski definition) is 2. The van der Waals surface area contributed by atoms with Crippen LogP contribution < -0.4 is 10.0 Å². The maximum absolute atomic E-state index is 13.4. The maximum atomic E-state index is 13.4. The number of aryl methyl sites for hydroxylation is 1. The average molecular weight is 377 g/mol. The van der Waals surface area contributed by atoms with E-state index in [2.05, 4.69) is 26.0 Å². The second-order valence-electron chi connectivity index (χ2n) is 4.44. The fourth-order valence-corrected chi connectivity index (χ4v) is 3.14. The van der Waals surface area contributed by atoms with E-state index in [0.29, 0.717) is 17.9 Å². The summed E-state index contributed by atoms with van der Waals surface area (Å²) >= 11 is 3.03. The molecular formula is C13H14BrFN2O3S. The highest BCUT2D eigenvalue weighted by atomic mass is 79.9. The van der Waals surface area contributed by atoms with Gasteiger partial charge in [-0.25, -0.2) is 4.39 Å². The first-order chi connectivity index (χ1) is 9.83. The number of rotatable bonds is 5. The molecule has 1 heterocycles. The van der Waals surface area contributed by atoms with Gasteiger partial charge in [0.05, 0.1) is 16.7 Å². The van der Waals surface area contributed by atoms with Crippen LogP contribution in [0.2, 0.25) is 0 Å². The summed E-state index contributed by atoms with van der Waals surface area (Å²) in [5.74, 6) is 0.0552. The minimum atomic E-state index is -3.85. The van der Waals surface area contributed by atoms with Gasteiger partial charge in [0.25, 0.3) is 10.0 Å². The van der Waals surface area contributed by atoms with E-state index in [0.717, 1.165) is 0 Å². The lowest BCUT2D eigenvalue weighted by molar-refractivity contribution is 0.408. The molecule has 8 heteroatoms. The molecule has 0 atom stereocenters. The molecule has 0 aliphatic heterocycles. The van der Waals surface area contributed by atoms with Crippen molar-refractivity contribution in [2.45, 2.75) is 18.6 Å². The van der Waals surface area contributed by atoms with Crippen LogP contribution in [0.15, 0.2) is 38.2 Å². The molecule has 0 spiro atoms. The first-order valence-corrected chi connectivity index (χ1v) is 8.33. The second-order valence-corrected chi connectivity index (χ2v) is 6.91. The van der Waals surface area contributed by atoms with Crippen molar-refractivity contribution < 1.29 is 17.2 Å². The van der Waals surface area contributed by atoms with Gasteiger partial charge in [0.15, 0.2) is 0 Å². The first kappa shape index (κ1) is 16.0. The highest BCUT2D eigenvalue weighted by molar-refractivity contribution is 9.10. The van der Waals surface area contributed by atoms with Crippen LogP contribution in [-0.4, -0.2) is 15.5 Å². The Labute approximate surface area is 130 Å².